The summed E-state index contributed by atoms with van der Waals surface area (Å²) in [4.78, 5) is 5.24. The van der Waals surface area contributed by atoms with Crippen molar-refractivity contribution in [3.8, 4) is 11.3 Å². The average Bonchev–Trinajstić information content (AvgIpc) is 3.02. The summed E-state index contributed by atoms with van der Waals surface area (Å²) in [5.41, 5.74) is 2.70. The Bertz CT molecular complexity index is 677. The zero-order valence-electron chi connectivity index (χ0n) is 11.1. The van der Waals surface area contributed by atoms with Gasteiger partial charge >= 0.3 is 0 Å². The van der Waals surface area contributed by atoms with Gasteiger partial charge in [0, 0.05) is 44.1 Å². The van der Waals surface area contributed by atoms with Gasteiger partial charge in [-0.3, -0.25) is 8.78 Å². The van der Waals surface area contributed by atoms with Crippen molar-refractivity contribution in [2.75, 3.05) is 5.53 Å². The molecule has 3 rings (SSSR count). The van der Waals surface area contributed by atoms with Gasteiger partial charge in [0.25, 0.3) is 0 Å². The smallest absolute Gasteiger partial charge is 0.0510 e. The fourth-order valence-electron chi connectivity index (χ4n) is 1.49. The van der Waals surface area contributed by atoms with E-state index in [1.165, 1.54) is 4.79 Å². The maximum Gasteiger partial charge on any atom is 0.0510 e. The first kappa shape index (κ1) is 17.9. The van der Waals surface area contributed by atoms with Crippen LogP contribution in [-0.2, 0) is 20.1 Å². The van der Waals surface area contributed by atoms with E-state index in [9.17, 15) is 8.78 Å². The maximum absolute atomic E-state index is 13.2. The number of pyridine rings is 1. The molecule has 0 bridgehead atoms. The summed E-state index contributed by atoms with van der Waals surface area (Å²) >= 11 is 0. The molecule has 2 heterocycles. The molecule has 117 valence electrons. The van der Waals surface area contributed by atoms with Crippen molar-refractivity contribution in [1.29, 1.82) is 0 Å². The van der Waals surface area contributed by atoms with Crippen molar-refractivity contribution in [1.82, 2.24) is 14.9 Å². The van der Waals surface area contributed by atoms with E-state index in [2.05, 4.69) is 21.7 Å². The summed E-state index contributed by atoms with van der Waals surface area (Å²) in [7, 11) is 0. The molecule has 0 aliphatic rings. The standard InChI is InChI=1S/C11H6F2N.C3H5N4.Ir/c12-8-4-5-9(10(13)7-8)11-3-1-2-6-14-11;4-6-7-3-1-2-5-7;/h1-4,6-7H;1-4,6H;/q2*-1;. The zero-order chi connectivity index (χ0) is 15.1. The molecule has 1 radical (unpaired) electrons. The summed E-state index contributed by atoms with van der Waals surface area (Å²) in [6, 6.07) is 11.3. The second-order valence-electron chi connectivity index (χ2n) is 3.82. The molecule has 0 spiro atoms. The van der Waals surface area contributed by atoms with Crippen LogP contribution in [0.5, 0.6) is 0 Å². The number of rotatable bonds is 2. The predicted octanol–water partition coefficient (Wildman–Crippen LogP) is 3.22. The molecule has 0 saturated carbocycles. The summed E-state index contributed by atoms with van der Waals surface area (Å²) in [5, 5.41) is 3.65. The molecule has 5 nitrogen and oxygen atoms in total. The van der Waals surface area contributed by atoms with Crippen LogP contribution in [0.3, 0.4) is 0 Å². The third-order valence-corrected chi connectivity index (χ3v) is 2.40. The van der Waals surface area contributed by atoms with Gasteiger partial charge in [0.15, 0.2) is 0 Å². The second-order valence-corrected chi connectivity index (χ2v) is 3.82. The first-order chi connectivity index (χ1) is 10.2. The number of nitrogens with zero attached hydrogens (tertiary/aromatic N) is 3. The Morgan fingerprint density at radius 3 is 2.50 bits per heavy atom. The van der Waals surface area contributed by atoms with E-state index in [0.717, 1.165) is 12.1 Å². The van der Waals surface area contributed by atoms with Gasteiger partial charge in [0.05, 0.1) is 6.20 Å². The van der Waals surface area contributed by atoms with Crippen LogP contribution < -0.4 is 5.53 Å². The fourth-order valence-corrected chi connectivity index (χ4v) is 1.49. The molecule has 0 atom stereocenters. The molecular formula is C14H11F2IrN5-2. The van der Waals surface area contributed by atoms with Crippen LogP contribution in [0.25, 0.3) is 17.1 Å². The molecule has 0 aliphatic carbocycles. The van der Waals surface area contributed by atoms with Crippen LogP contribution in [0.15, 0.2) is 55.0 Å². The molecule has 3 aromatic rings. The minimum Gasteiger partial charge on any atom is -0.568 e. The van der Waals surface area contributed by atoms with Crippen LogP contribution in [0, 0.1) is 17.7 Å². The zero-order valence-corrected chi connectivity index (χ0v) is 13.5. The van der Waals surface area contributed by atoms with Crippen LogP contribution in [0.2, 0.25) is 0 Å². The van der Waals surface area contributed by atoms with Gasteiger partial charge in [-0.15, -0.1) is 12.1 Å². The summed E-state index contributed by atoms with van der Waals surface area (Å²) in [6.07, 6.45) is 4.79. The van der Waals surface area contributed by atoms with Crippen molar-refractivity contribution in [3.63, 3.8) is 0 Å². The molecule has 8 heteroatoms. The minimum absolute atomic E-state index is 0. The van der Waals surface area contributed by atoms with E-state index in [1.54, 1.807) is 42.9 Å². The van der Waals surface area contributed by atoms with Gasteiger partial charge in [-0.1, -0.05) is 23.8 Å². The van der Waals surface area contributed by atoms with E-state index >= 15 is 0 Å². The van der Waals surface area contributed by atoms with Gasteiger partial charge in [-0.05, 0) is 17.8 Å². The predicted molar refractivity (Wildman–Crippen MR) is 74.3 cm³/mol. The molecule has 0 saturated heterocycles. The monoisotopic (exact) mass is 480 g/mol. The molecule has 0 fully saturated rings. The molecule has 22 heavy (non-hydrogen) atoms. The Balaban J connectivity index is 0.000000258. The van der Waals surface area contributed by atoms with Gasteiger partial charge in [-0.25, -0.2) is 4.79 Å². The van der Waals surface area contributed by atoms with Crippen LogP contribution in [-0.4, -0.2) is 14.9 Å². The van der Waals surface area contributed by atoms with Crippen molar-refractivity contribution in [2.24, 2.45) is 0 Å². The van der Waals surface area contributed by atoms with E-state index < -0.39 is 11.6 Å². The van der Waals surface area contributed by atoms with E-state index in [1.807, 2.05) is 0 Å². The van der Waals surface area contributed by atoms with E-state index in [4.69, 9.17) is 5.84 Å². The molecular weight excluding hydrogens is 468 g/mol. The number of nitrogens with one attached hydrogen (secondary N) is 2. The summed E-state index contributed by atoms with van der Waals surface area (Å²) in [5.74, 6) is 5.22. The number of hydrogen-bond acceptors (Lipinski definition) is 3. The number of aromatic nitrogens is 3. The van der Waals surface area contributed by atoms with Crippen molar-refractivity contribution >= 4 is 0 Å². The Labute approximate surface area is 139 Å². The average molecular weight is 479 g/mol. The third-order valence-electron chi connectivity index (χ3n) is 2.40. The van der Waals surface area contributed by atoms with Gasteiger partial charge in [0.1, 0.15) is 0 Å². The number of benzene rings is 1. The van der Waals surface area contributed by atoms with Gasteiger partial charge < -0.3 is 16.4 Å². The number of halogens is 2. The first-order valence-corrected chi connectivity index (χ1v) is 5.91. The second kappa shape index (κ2) is 8.99. The summed E-state index contributed by atoms with van der Waals surface area (Å²) < 4.78 is 25.8. The van der Waals surface area contributed by atoms with Crippen LogP contribution in [0.1, 0.15) is 0 Å². The Morgan fingerprint density at radius 1 is 1.18 bits per heavy atom. The summed E-state index contributed by atoms with van der Waals surface area (Å²) in [6.45, 7) is 0. The third kappa shape index (κ3) is 5.00. The Kier molecular flexibility index (Phi) is 7.31. The molecule has 0 unspecified atom stereocenters. The quantitative estimate of drug-likeness (QED) is 0.454. The molecule has 2 aromatic heterocycles. The van der Waals surface area contributed by atoms with Crippen molar-refractivity contribution in [3.05, 3.63) is 78.5 Å². The Hall–Kier alpha value is -2.15. The van der Waals surface area contributed by atoms with E-state index in [-0.39, 0.29) is 25.7 Å². The van der Waals surface area contributed by atoms with Gasteiger partial charge in [0.2, 0.25) is 0 Å². The Morgan fingerprint density at radius 2 is 2.00 bits per heavy atom. The molecule has 0 aliphatic heterocycles. The van der Waals surface area contributed by atoms with Crippen LogP contribution >= 0.6 is 0 Å². The van der Waals surface area contributed by atoms with Crippen molar-refractivity contribution in [2.45, 2.75) is 0 Å². The first-order valence-electron chi connectivity index (χ1n) is 5.91. The van der Waals surface area contributed by atoms with E-state index in [0.29, 0.717) is 5.69 Å². The minimum atomic E-state index is -0.649. The van der Waals surface area contributed by atoms with Gasteiger partial charge in [-0.2, -0.15) is 5.10 Å². The number of hydrogen-bond donors (Lipinski definition) is 1. The molecule has 1 aromatic carbocycles. The van der Waals surface area contributed by atoms with Crippen molar-refractivity contribution < 1.29 is 28.9 Å². The molecule has 2 N–H and O–H groups in total. The SMILES string of the molecule is Fc1c[c-]c(-c2ccccn2)c(F)c1.[Ir].[NH-]Nn1cccn1. The van der Waals surface area contributed by atoms with Crippen LogP contribution in [0.4, 0.5) is 8.78 Å². The largest absolute Gasteiger partial charge is 0.568 e. The normalized spacial score (nSPS) is 9.23. The maximum atomic E-state index is 13.2. The topological polar surface area (TPSA) is 66.5 Å². The fraction of sp³-hybridized carbons (Fsp3) is 0. The molecule has 0 amide bonds.